The monoisotopic (exact) mass is 307 g/mol. The Morgan fingerprint density at radius 2 is 1.90 bits per heavy atom. The summed E-state index contributed by atoms with van der Waals surface area (Å²) in [5.41, 5.74) is 0.931. The van der Waals surface area contributed by atoms with Crippen molar-refractivity contribution in [3.8, 4) is 5.75 Å². The Morgan fingerprint density at radius 3 is 2.45 bits per heavy atom. The van der Waals surface area contributed by atoms with Crippen LogP contribution in [-0.4, -0.2) is 18.3 Å². The van der Waals surface area contributed by atoms with Crippen molar-refractivity contribution in [2.75, 3.05) is 6.54 Å². The Labute approximate surface area is 121 Å². The minimum Gasteiger partial charge on any atom is -0.406 e. The number of nitrogens with one attached hydrogen (secondary N) is 1. The van der Waals surface area contributed by atoms with Gasteiger partial charge in [0.1, 0.15) is 5.75 Å². The molecule has 1 N–H and O–H groups in total. The molecule has 0 heterocycles. The molecule has 0 amide bonds. The first-order valence-corrected chi connectivity index (χ1v) is 7.05. The lowest BCUT2D eigenvalue weighted by molar-refractivity contribution is -0.274. The molecule has 0 saturated heterocycles. The van der Waals surface area contributed by atoms with Gasteiger partial charge in [0, 0.05) is 11.9 Å². The zero-order valence-electron chi connectivity index (χ0n) is 10.9. The van der Waals surface area contributed by atoms with Crippen LogP contribution in [0.15, 0.2) is 24.3 Å². The summed E-state index contributed by atoms with van der Waals surface area (Å²) < 4.78 is 39.8. The highest BCUT2D eigenvalue weighted by molar-refractivity contribution is 6.20. The summed E-state index contributed by atoms with van der Waals surface area (Å²) in [5, 5.41) is 3.60. The first-order chi connectivity index (χ1) is 9.42. The van der Waals surface area contributed by atoms with E-state index in [2.05, 4.69) is 10.1 Å². The zero-order chi connectivity index (χ0) is 14.6. The van der Waals surface area contributed by atoms with E-state index in [9.17, 15) is 13.2 Å². The van der Waals surface area contributed by atoms with Gasteiger partial charge in [0.2, 0.25) is 0 Å². The van der Waals surface area contributed by atoms with E-state index >= 15 is 0 Å². The van der Waals surface area contributed by atoms with Crippen molar-refractivity contribution >= 4 is 11.6 Å². The van der Waals surface area contributed by atoms with Crippen LogP contribution in [0.4, 0.5) is 13.2 Å². The minimum absolute atomic E-state index is 0.193. The lowest BCUT2D eigenvalue weighted by Gasteiger charge is -2.12. The zero-order valence-corrected chi connectivity index (χ0v) is 11.7. The molecule has 2 unspecified atom stereocenters. The third kappa shape index (κ3) is 5.21. The van der Waals surface area contributed by atoms with Crippen molar-refractivity contribution in [3.63, 3.8) is 0 Å². The molecule has 0 aliphatic heterocycles. The second kappa shape index (κ2) is 6.68. The van der Waals surface area contributed by atoms with Crippen LogP contribution in [-0.2, 0) is 6.54 Å². The minimum atomic E-state index is -4.64. The molecule has 2 nitrogen and oxygen atoms in total. The van der Waals surface area contributed by atoms with Gasteiger partial charge >= 0.3 is 6.36 Å². The molecule has 20 heavy (non-hydrogen) atoms. The van der Waals surface area contributed by atoms with Crippen LogP contribution in [0.1, 0.15) is 24.8 Å². The Kier molecular flexibility index (Phi) is 5.16. The van der Waals surface area contributed by atoms with Crippen molar-refractivity contribution in [2.24, 2.45) is 5.92 Å². The van der Waals surface area contributed by atoms with Crippen molar-refractivity contribution < 1.29 is 17.9 Å². The van der Waals surface area contributed by atoms with Gasteiger partial charge in [0.15, 0.2) is 0 Å². The van der Waals surface area contributed by atoms with Gasteiger partial charge in [-0.25, -0.2) is 0 Å². The van der Waals surface area contributed by atoms with Crippen LogP contribution in [0, 0.1) is 5.92 Å². The van der Waals surface area contributed by atoms with Crippen LogP contribution in [0.2, 0.25) is 0 Å². The van der Waals surface area contributed by atoms with Gasteiger partial charge in [0.05, 0.1) is 0 Å². The van der Waals surface area contributed by atoms with Crippen molar-refractivity contribution in [1.82, 2.24) is 5.32 Å². The lowest BCUT2D eigenvalue weighted by Crippen LogP contribution is -2.21. The molecule has 1 fully saturated rings. The molecule has 1 aliphatic rings. The number of benzene rings is 1. The molecule has 0 bridgehead atoms. The van der Waals surface area contributed by atoms with Gasteiger partial charge in [-0.05, 0) is 49.4 Å². The molecule has 1 aromatic carbocycles. The standard InChI is InChI=1S/C14H17ClF3NO/c15-12-4-1-11(7-12)9-19-8-10-2-5-13(6-3-10)20-14(16,17)18/h2-3,5-6,11-12,19H,1,4,7-9H2. The summed E-state index contributed by atoms with van der Waals surface area (Å²) in [7, 11) is 0. The van der Waals surface area contributed by atoms with E-state index in [1.807, 2.05) is 0 Å². The lowest BCUT2D eigenvalue weighted by atomic mass is 10.1. The van der Waals surface area contributed by atoms with E-state index in [0.29, 0.717) is 17.8 Å². The topological polar surface area (TPSA) is 21.3 Å². The second-order valence-corrected chi connectivity index (χ2v) is 5.72. The Balaban J connectivity index is 1.73. The first-order valence-electron chi connectivity index (χ1n) is 6.62. The number of hydrogen-bond acceptors (Lipinski definition) is 2. The molecule has 2 atom stereocenters. The smallest absolute Gasteiger partial charge is 0.406 e. The highest BCUT2D eigenvalue weighted by Gasteiger charge is 2.30. The fourth-order valence-electron chi connectivity index (χ4n) is 2.43. The van der Waals surface area contributed by atoms with Crippen LogP contribution in [0.3, 0.4) is 0 Å². The maximum Gasteiger partial charge on any atom is 0.573 e. The molecular weight excluding hydrogens is 291 g/mol. The first kappa shape index (κ1) is 15.4. The molecular formula is C14H17ClF3NO. The molecule has 0 spiro atoms. The Bertz CT molecular complexity index is 421. The molecule has 0 aromatic heterocycles. The van der Waals surface area contributed by atoms with E-state index < -0.39 is 6.36 Å². The maximum absolute atomic E-state index is 12.0. The third-order valence-electron chi connectivity index (χ3n) is 3.40. The Hall–Kier alpha value is -0.940. The normalized spacial score (nSPS) is 23.0. The van der Waals surface area contributed by atoms with Gasteiger partial charge in [-0.2, -0.15) is 0 Å². The molecule has 6 heteroatoms. The summed E-state index contributed by atoms with van der Waals surface area (Å²) in [5.74, 6) is 0.410. The van der Waals surface area contributed by atoms with E-state index in [1.54, 1.807) is 12.1 Å². The second-order valence-electron chi connectivity index (χ2n) is 5.10. The number of ether oxygens (including phenoxy) is 1. The molecule has 1 saturated carbocycles. The van der Waals surface area contributed by atoms with Crippen LogP contribution in [0.5, 0.6) is 5.75 Å². The van der Waals surface area contributed by atoms with Gasteiger partial charge in [-0.1, -0.05) is 12.1 Å². The largest absolute Gasteiger partial charge is 0.573 e. The Morgan fingerprint density at radius 1 is 1.20 bits per heavy atom. The fourth-order valence-corrected chi connectivity index (χ4v) is 2.81. The van der Waals surface area contributed by atoms with Crippen LogP contribution in [0.25, 0.3) is 0 Å². The number of rotatable bonds is 5. The molecule has 112 valence electrons. The van der Waals surface area contributed by atoms with E-state index in [1.165, 1.54) is 12.1 Å². The summed E-state index contributed by atoms with van der Waals surface area (Å²) in [6.07, 6.45) is -1.40. The molecule has 1 aliphatic carbocycles. The summed E-state index contributed by atoms with van der Waals surface area (Å²) in [4.78, 5) is 0. The average molecular weight is 308 g/mol. The maximum atomic E-state index is 12.0. The van der Waals surface area contributed by atoms with E-state index in [-0.39, 0.29) is 5.75 Å². The highest BCUT2D eigenvalue weighted by Crippen LogP contribution is 2.28. The van der Waals surface area contributed by atoms with Gasteiger partial charge in [-0.15, -0.1) is 24.8 Å². The molecule has 2 rings (SSSR count). The predicted octanol–water partition coefficient (Wildman–Crippen LogP) is 4.08. The summed E-state index contributed by atoms with van der Waals surface area (Å²) in [6.45, 7) is 1.53. The summed E-state index contributed by atoms with van der Waals surface area (Å²) >= 11 is 6.04. The number of halogens is 4. The third-order valence-corrected chi connectivity index (χ3v) is 3.79. The quantitative estimate of drug-likeness (QED) is 0.828. The number of alkyl halides is 4. The van der Waals surface area contributed by atoms with Crippen molar-refractivity contribution in [2.45, 2.75) is 37.5 Å². The van der Waals surface area contributed by atoms with Gasteiger partial charge < -0.3 is 10.1 Å². The van der Waals surface area contributed by atoms with Gasteiger partial charge in [0.25, 0.3) is 0 Å². The highest BCUT2D eigenvalue weighted by atomic mass is 35.5. The van der Waals surface area contributed by atoms with Crippen molar-refractivity contribution in [1.29, 1.82) is 0 Å². The van der Waals surface area contributed by atoms with E-state index in [0.717, 1.165) is 31.4 Å². The fraction of sp³-hybridized carbons (Fsp3) is 0.571. The molecule has 1 aromatic rings. The van der Waals surface area contributed by atoms with Crippen LogP contribution >= 0.6 is 11.6 Å². The van der Waals surface area contributed by atoms with Crippen molar-refractivity contribution in [3.05, 3.63) is 29.8 Å². The molecule has 0 radical (unpaired) electrons. The van der Waals surface area contributed by atoms with E-state index in [4.69, 9.17) is 11.6 Å². The number of hydrogen-bond donors (Lipinski definition) is 1. The predicted molar refractivity (Wildman–Crippen MR) is 71.8 cm³/mol. The summed E-state index contributed by atoms with van der Waals surface area (Å²) in [6, 6.07) is 5.92. The SMILES string of the molecule is FC(F)(F)Oc1ccc(CNCC2CCC(Cl)C2)cc1. The van der Waals surface area contributed by atoms with Crippen LogP contribution < -0.4 is 10.1 Å². The average Bonchev–Trinajstić information content (AvgIpc) is 2.75. The van der Waals surface area contributed by atoms with Gasteiger partial charge in [-0.3, -0.25) is 0 Å².